The van der Waals surface area contributed by atoms with Crippen molar-refractivity contribution in [3.05, 3.63) is 42.0 Å². The molecule has 0 unspecified atom stereocenters. The van der Waals surface area contributed by atoms with Gasteiger partial charge < -0.3 is 19.4 Å². The second-order valence-corrected chi connectivity index (χ2v) is 5.61. The zero-order valence-corrected chi connectivity index (χ0v) is 14.2. The van der Waals surface area contributed by atoms with Gasteiger partial charge in [0, 0.05) is 25.4 Å². The van der Waals surface area contributed by atoms with Gasteiger partial charge in [-0.05, 0) is 17.7 Å². The Morgan fingerprint density at radius 2 is 1.91 bits per heavy atom. The lowest BCUT2D eigenvalue weighted by Crippen LogP contribution is -2.33. The molecule has 0 aliphatic rings. The van der Waals surface area contributed by atoms with Crippen LogP contribution in [0.5, 0.6) is 11.5 Å². The molecule has 0 saturated carbocycles. The molecule has 0 spiro atoms. The fourth-order valence-corrected chi connectivity index (χ4v) is 2.29. The quantitative estimate of drug-likeness (QED) is 0.888. The molecule has 0 fully saturated rings. The Bertz CT molecular complexity index is 679. The molecule has 1 amide bonds. The molecule has 23 heavy (non-hydrogen) atoms. The topological polar surface area (TPSA) is 65.4 Å². The van der Waals surface area contributed by atoms with Gasteiger partial charge in [0.25, 0.3) is 0 Å². The van der Waals surface area contributed by atoms with Crippen molar-refractivity contribution in [2.75, 3.05) is 14.2 Å². The third kappa shape index (κ3) is 3.64. The summed E-state index contributed by atoms with van der Waals surface area (Å²) in [6, 6.07) is 5.23. The highest BCUT2D eigenvalue weighted by Gasteiger charge is 2.23. The van der Waals surface area contributed by atoms with Crippen LogP contribution in [0.15, 0.2) is 30.6 Å². The lowest BCUT2D eigenvalue weighted by molar-refractivity contribution is -0.124. The van der Waals surface area contributed by atoms with Crippen LogP contribution in [-0.2, 0) is 11.8 Å². The normalized spacial score (nSPS) is 12.1. The summed E-state index contributed by atoms with van der Waals surface area (Å²) in [4.78, 5) is 16.6. The van der Waals surface area contributed by atoms with Crippen LogP contribution in [0.4, 0.5) is 0 Å². The van der Waals surface area contributed by atoms with Crippen molar-refractivity contribution in [1.29, 1.82) is 0 Å². The molecule has 2 rings (SSSR count). The van der Waals surface area contributed by atoms with E-state index < -0.39 is 0 Å². The van der Waals surface area contributed by atoms with Gasteiger partial charge in [0.05, 0.1) is 14.2 Å². The monoisotopic (exact) mass is 317 g/mol. The summed E-state index contributed by atoms with van der Waals surface area (Å²) < 4.78 is 12.5. The first-order valence-electron chi connectivity index (χ1n) is 7.47. The summed E-state index contributed by atoms with van der Waals surface area (Å²) in [6.45, 7) is 3.72. The van der Waals surface area contributed by atoms with Crippen molar-refractivity contribution < 1.29 is 14.3 Å². The number of rotatable bonds is 6. The second-order valence-electron chi connectivity index (χ2n) is 5.61. The highest BCUT2D eigenvalue weighted by atomic mass is 16.5. The molecule has 0 saturated heterocycles. The number of nitrogens with one attached hydrogen (secondary N) is 1. The Morgan fingerprint density at radius 3 is 2.43 bits per heavy atom. The van der Waals surface area contributed by atoms with E-state index in [1.165, 1.54) is 0 Å². The van der Waals surface area contributed by atoms with Crippen molar-refractivity contribution in [2.24, 2.45) is 13.0 Å². The van der Waals surface area contributed by atoms with E-state index in [1.54, 1.807) is 20.4 Å². The predicted molar refractivity (Wildman–Crippen MR) is 87.6 cm³/mol. The Balaban J connectivity index is 2.45. The smallest absolute Gasteiger partial charge is 0.223 e. The van der Waals surface area contributed by atoms with Gasteiger partial charge in [0.15, 0.2) is 11.5 Å². The number of carbonyl (C=O) groups excluding carboxylic acids is 1. The molecule has 1 aromatic heterocycles. The number of imidazole rings is 1. The minimum atomic E-state index is -0.357. The number of aromatic nitrogens is 2. The van der Waals surface area contributed by atoms with Crippen molar-refractivity contribution >= 4 is 5.91 Å². The maximum absolute atomic E-state index is 12.2. The van der Waals surface area contributed by atoms with Gasteiger partial charge in [-0.3, -0.25) is 4.79 Å². The molecule has 6 heteroatoms. The van der Waals surface area contributed by atoms with Gasteiger partial charge in [0.2, 0.25) is 5.91 Å². The fraction of sp³-hybridized carbons (Fsp3) is 0.412. The summed E-state index contributed by atoms with van der Waals surface area (Å²) in [5.41, 5.74) is 0.881. The summed E-state index contributed by atoms with van der Waals surface area (Å²) in [6.07, 6.45) is 3.56. The van der Waals surface area contributed by atoms with Gasteiger partial charge in [0.1, 0.15) is 11.9 Å². The summed E-state index contributed by atoms with van der Waals surface area (Å²) in [5.74, 6) is 1.87. The average molecular weight is 317 g/mol. The van der Waals surface area contributed by atoms with Crippen LogP contribution in [0.25, 0.3) is 0 Å². The van der Waals surface area contributed by atoms with Crippen molar-refractivity contribution in [3.8, 4) is 11.5 Å². The van der Waals surface area contributed by atoms with E-state index in [2.05, 4.69) is 10.3 Å². The van der Waals surface area contributed by atoms with Crippen molar-refractivity contribution in [3.63, 3.8) is 0 Å². The molecule has 1 heterocycles. The number of amides is 1. The third-order valence-electron chi connectivity index (χ3n) is 3.67. The molecule has 1 atom stereocenters. The van der Waals surface area contributed by atoms with Crippen LogP contribution >= 0.6 is 0 Å². The standard InChI is InChI=1S/C17H23N3O3/c1-11(2)17(21)19-15(16-18-8-9-20(16)3)12-6-7-13(22-4)14(10-12)23-5/h6-11,15H,1-5H3,(H,19,21)/t15-/m0/s1. The van der Waals surface area contributed by atoms with Crippen molar-refractivity contribution in [2.45, 2.75) is 19.9 Å². The summed E-state index contributed by atoms with van der Waals surface area (Å²) >= 11 is 0. The first kappa shape index (κ1) is 16.9. The third-order valence-corrected chi connectivity index (χ3v) is 3.67. The van der Waals surface area contributed by atoms with E-state index >= 15 is 0 Å². The fourth-order valence-electron chi connectivity index (χ4n) is 2.29. The molecular formula is C17H23N3O3. The highest BCUT2D eigenvalue weighted by molar-refractivity contribution is 5.78. The maximum atomic E-state index is 12.2. The molecule has 6 nitrogen and oxygen atoms in total. The van der Waals surface area contributed by atoms with Crippen LogP contribution in [-0.4, -0.2) is 29.7 Å². The lowest BCUT2D eigenvalue weighted by atomic mass is 10.0. The number of carbonyl (C=O) groups is 1. The summed E-state index contributed by atoms with van der Waals surface area (Å²) in [5, 5.41) is 3.05. The van der Waals surface area contributed by atoms with E-state index in [9.17, 15) is 4.79 Å². The predicted octanol–water partition coefficient (Wildman–Crippen LogP) is 2.30. The number of hydrogen-bond donors (Lipinski definition) is 1. The number of benzene rings is 1. The molecule has 0 aliphatic carbocycles. The highest BCUT2D eigenvalue weighted by Crippen LogP contribution is 2.31. The molecule has 124 valence electrons. The van der Waals surface area contributed by atoms with E-state index in [0.717, 1.165) is 11.4 Å². The maximum Gasteiger partial charge on any atom is 0.223 e. The van der Waals surface area contributed by atoms with Crippen LogP contribution in [0, 0.1) is 5.92 Å². The van der Waals surface area contributed by atoms with Crippen molar-refractivity contribution in [1.82, 2.24) is 14.9 Å². The molecule has 0 aliphatic heterocycles. The number of aryl methyl sites for hydroxylation is 1. The first-order valence-corrected chi connectivity index (χ1v) is 7.47. The minimum absolute atomic E-state index is 0.0345. The zero-order valence-electron chi connectivity index (χ0n) is 14.2. The molecule has 1 N–H and O–H groups in total. The Hall–Kier alpha value is -2.50. The van der Waals surface area contributed by atoms with E-state index in [0.29, 0.717) is 11.5 Å². The van der Waals surface area contributed by atoms with Crippen LogP contribution in [0.2, 0.25) is 0 Å². The van der Waals surface area contributed by atoms with Gasteiger partial charge in [-0.1, -0.05) is 19.9 Å². The molecule has 1 aromatic carbocycles. The second kappa shape index (κ2) is 7.17. The van der Waals surface area contributed by atoms with Crippen LogP contribution < -0.4 is 14.8 Å². The number of hydrogen-bond acceptors (Lipinski definition) is 4. The lowest BCUT2D eigenvalue weighted by Gasteiger charge is -2.21. The average Bonchev–Trinajstić information content (AvgIpc) is 2.97. The molecular weight excluding hydrogens is 294 g/mol. The van der Waals surface area contributed by atoms with Gasteiger partial charge >= 0.3 is 0 Å². The van der Waals surface area contributed by atoms with Gasteiger partial charge in [-0.2, -0.15) is 0 Å². The zero-order chi connectivity index (χ0) is 17.0. The number of ether oxygens (including phenoxy) is 2. The van der Waals surface area contributed by atoms with Crippen LogP contribution in [0.1, 0.15) is 31.3 Å². The van der Waals surface area contributed by atoms with E-state index in [1.807, 2.05) is 49.9 Å². The summed E-state index contributed by atoms with van der Waals surface area (Å²) in [7, 11) is 5.08. The number of methoxy groups -OCH3 is 2. The largest absolute Gasteiger partial charge is 0.493 e. The Labute approximate surface area is 136 Å². The Kier molecular flexibility index (Phi) is 5.26. The Morgan fingerprint density at radius 1 is 1.22 bits per heavy atom. The van der Waals surface area contributed by atoms with Gasteiger partial charge in [-0.15, -0.1) is 0 Å². The van der Waals surface area contributed by atoms with Gasteiger partial charge in [-0.25, -0.2) is 4.98 Å². The molecule has 0 bridgehead atoms. The van der Waals surface area contributed by atoms with E-state index in [-0.39, 0.29) is 17.9 Å². The SMILES string of the molecule is COc1ccc([C@H](NC(=O)C(C)C)c2nccn2C)cc1OC. The van der Waals surface area contributed by atoms with E-state index in [4.69, 9.17) is 9.47 Å². The molecule has 0 radical (unpaired) electrons. The minimum Gasteiger partial charge on any atom is -0.493 e. The number of nitrogens with zero attached hydrogens (tertiary/aromatic N) is 2. The first-order chi connectivity index (χ1) is 11.0. The van der Waals surface area contributed by atoms with Crippen LogP contribution in [0.3, 0.4) is 0 Å². The molecule has 2 aromatic rings.